The van der Waals surface area contributed by atoms with Crippen molar-refractivity contribution in [2.24, 2.45) is 0 Å². The maximum Gasteiger partial charge on any atom is 0.322 e. The number of amides is 3. The molecule has 1 aromatic heterocycles. The van der Waals surface area contributed by atoms with Gasteiger partial charge >= 0.3 is 6.03 Å². The number of rotatable bonds is 1. The molecule has 1 spiro atoms. The minimum Gasteiger partial charge on any atom is -0.353 e. The van der Waals surface area contributed by atoms with E-state index in [-0.39, 0.29) is 5.91 Å². The highest BCUT2D eigenvalue weighted by molar-refractivity contribution is 6.08. The van der Waals surface area contributed by atoms with Crippen LogP contribution in [0.15, 0.2) is 30.6 Å². The van der Waals surface area contributed by atoms with Crippen molar-refractivity contribution < 1.29 is 9.59 Å². The Kier molecular flexibility index (Phi) is 2.38. The van der Waals surface area contributed by atoms with Crippen LogP contribution in [0.5, 0.6) is 0 Å². The number of para-hydroxylation sites is 1. The van der Waals surface area contributed by atoms with Crippen LogP contribution >= 0.6 is 0 Å². The second-order valence-electron chi connectivity index (χ2n) is 5.38. The second-order valence-corrected chi connectivity index (χ2v) is 5.38. The van der Waals surface area contributed by atoms with E-state index in [1.165, 1.54) is 6.33 Å². The van der Waals surface area contributed by atoms with E-state index in [1.54, 1.807) is 0 Å². The van der Waals surface area contributed by atoms with Gasteiger partial charge in [-0.05, 0) is 18.6 Å². The Labute approximate surface area is 120 Å². The van der Waals surface area contributed by atoms with Crippen LogP contribution in [0, 0.1) is 0 Å². The number of nitrogens with one attached hydrogen (secondary N) is 2. The molecule has 106 valence electrons. The Balaban J connectivity index is 1.72. The third kappa shape index (κ3) is 1.74. The number of anilines is 1. The minimum atomic E-state index is -0.830. The normalized spacial score (nSPS) is 24.7. The van der Waals surface area contributed by atoms with Crippen molar-refractivity contribution in [3.63, 3.8) is 0 Å². The zero-order chi connectivity index (χ0) is 14.4. The molecule has 2 aliphatic heterocycles. The van der Waals surface area contributed by atoms with Gasteiger partial charge in [-0.15, -0.1) is 0 Å². The molecular formula is C14H13N5O2. The van der Waals surface area contributed by atoms with E-state index >= 15 is 0 Å². The van der Waals surface area contributed by atoms with Crippen molar-refractivity contribution in [3.05, 3.63) is 30.6 Å². The van der Waals surface area contributed by atoms with Gasteiger partial charge in [0.15, 0.2) is 0 Å². The number of carbonyl (C=O) groups is 2. The van der Waals surface area contributed by atoms with Crippen LogP contribution in [-0.2, 0) is 4.79 Å². The summed E-state index contributed by atoms with van der Waals surface area (Å²) < 4.78 is 0. The molecule has 3 heterocycles. The average molecular weight is 283 g/mol. The van der Waals surface area contributed by atoms with Crippen LogP contribution in [-0.4, -0.2) is 40.5 Å². The van der Waals surface area contributed by atoms with Gasteiger partial charge in [-0.2, -0.15) is 0 Å². The standard InChI is InChI=1S/C14H13N5O2/c20-12-14(18-13(21)17-12)5-6-19(7-14)11-9-3-1-2-4-10(9)15-8-16-11/h1-4,8H,5-7H2,(H2,17,18,20,21). The third-order valence-electron chi connectivity index (χ3n) is 4.11. The van der Waals surface area contributed by atoms with Gasteiger partial charge < -0.3 is 10.2 Å². The molecule has 0 aliphatic carbocycles. The van der Waals surface area contributed by atoms with Gasteiger partial charge in [0.2, 0.25) is 0 Å². The molecule has 2 fully saturated rings. The largest absolute Gasteiger partial charge is 0.353 e. The number of fused-ring (bicyclic) bond motifs is 1. The van der Waals surface area contributed by atoms with Crippen molar-refractivity contribution in [1.29, 1.82) is 0 Å². The van der Waals surface area contributed by atoms with Gasteiger partial charge in [0.1, 0.15) is 17.7 Å². The maximum atomic E-state index is 12.0. The average Bonchev–Trinajstić information content (AvgIpc) is 3.03. The summed E-state index contributed by atoms with van der Waals surface area (Å²) in [5.41, 5.74) is 0.0340. The summed E-state index contributed by atoms with van der Waals surface area (Å²) in [6, 6.07) is 7.33. The summed E-state index contributed by atoms with van der Waals surface area (Å²) in [4.78, 5) is 34.0. The van der Waals surface area contributed by atoms with Crippen molar-refractivity contribution in [2.75, 3.05) is 18.0 Å². The molecule has 21 heavy (non-hydrogen) atoms. The van der Waals surface area contributed by atoms with Gasteiger partial charge in [0, 0.05) is 11.9 Å². The fourth-order valence-electron chi connectivity index (χ4n) is 3.05. The fraction of sp³-hybridized carbons (Fsp3) is 0.286. The summed E-state index contributed by atoms with van der Waals surface area (Å²) in [6.07, 6.45) is 2.10. The summed E-state index contributed by atoms with van der Waals surface area (Å²) in [5.74, 6) is 0.541. The number of hydrogen-bond donors (Lipinski definition) is 2. The number of imide groups is 1. The van der Waals surface area contributed by atoms with Gasteiger partial charge in [-0.1, -0.05) is 12.1 Å². The van der Waals surface area contributed by atoms with Crippen LogP contribution in [0.1, 0.15) is 6.42 Å². The number of nitrogens with zero attached hydrogens (tertiary/aromatic N) is 3. The first-order chi connectivity index (χ1) is 10.2. The number of aromatic nitrogens is 2. The van der Waals surface area contributed by atoms with Gasteiger partial charge in [-0.3, -0.25) is 10.1 Å². The molecule has 2 aliphatic rings. The van der Waals surface area contributed by atoms with Gasteiger partial charge in [-0.25, -0.2) is 14.8 Å². The van der Waals surface area contributed by atoms with Gasteiger partial charge in [0.25, 0.3) is 5.91 Å². The van der Waals surface area contributed by atoms with Crippen LogP contribution in [0.3, 0.4) is 0 Å². The van der Waals surface area contributed by atoms with Crippen LogP contribution in [0.25, 0.3) is 10.9 Å². The Hall–Kier alpha value is -2.70. The number of hydrogen-bond acceptors (Lipinski definition) is 5. The highest BCUT2D eigenvalue weighted by Gasteiger charge is 2.51. The summed E-state index contributed by atoms with van der Waals surface area (Å²) in [7, 11) is 0. The van der Waals surface area contributed by atoms with E-state index < -0.39 is 11.6 Å². The third-order valence-corrected chi connectivity index (χ3v) is 4.11. The summed E-state index contributed by atoms with van der Waals surface area (Å²) >= 11 is 0. The predicted molar refractivity (Wildman–Crippen MR) is 75.8 cm³/mol. The monoisotopic (exact) mass is 283 g/mol. The predicted octanol–water partition coefficient (Wildman–Crippen LogP) is 0.418. The number of carbonyl (C=O) groups excluding carboxylic acids is 2. The highest BCUT2D eigenvalue weighted by atomic mass is 16.2. The van der Waals surface area contributed by atoms with Crippen LogP contribution in [0.2, 0.25) is 0 Å². The molecule has 1 aromatic carbocycles. The van der Waals surface area contributed by atoms with E-state index in [1.807, 2.05) is 29.2 Å². The van der Waals surface area contributed by atoms with Gasteiger partial charge in [0.05, 0.1) is 12.1 Å². The number of benzene rings is 1. The van der Waals surface area contributed by atoms with Crippen LogP contribution in [0.4, 0.5) is 10.6 Å². The zero-order valence-corrected chi connectivity index (χ0v) is 11.2. The Morgan fingerprint density at radius 1 is 1.19 bits per heavy atom. The molecule has 2 N–H and O–H groups in total. The van der Waals surface area contributed by atoms with E-state index in [9.17, 15) is 9.59 Å². The summed E-state index contributed by atoms with van der Waals surface area (Å²) in [5, 5.41) is 6.00. The maximum absolute atomic E-state index is 12.0. The molecule has 1 atom stereocenters. The molecule has 1 unspecified atom stereocenters. The van der Waals surface area contributed by atoms with Crippen molar-refractivity contribution in [1.82, 2.24) is 20.6 Å². The van der Waals surface area contributed by atoms with Crippen LogP contribution < -0.4 is 15.5 Å². The molecule has 7 nitrogen and oxygen atoms in total. The topological polar surface area (TPSA) is 87.2 Å². The highest BCUT2D eigenvalue weighted by Crippen LogP contribution is 2.31. The SMILES string of the molecule is O=C1NC(=O)C2(CCN(c3ncnc4ccccc34)C2)N1. The Morgan fingerprint density at radius 2 is 2.05 bits per heavy atom. The van der Waals surface area contributed by atoms with E-state index in [2.05, 4.69) is 20.6 Å². The second kappa shape index (κ2) is 4.15. The molecule has 0 radical (unpaired) electrons. The Bertz CT molecular complexity index is 757. The molecule has 4 rings (SSSR count). The smallest absolute Gasteiger partial charge is 0.322 e. The first-order valence-corrected chi connectivity index (χ1v) is 6.76. The van der Waals surface area contributed by atoms with Crippen molar-refractivity contribution in [2.45, 2.75) is 12.0 Å². The van der Waals surface area contributed by atoms with E-state index in [0.29, 0.717) is 19.5 Å². The first-order valence-electron chi connectivity index (χ1n) is 6.76. The van der Waals surface area contributed by atoms with E-state index in [0.717, 1.165) is 16.7 Å². The lowest BCUT2D eigenvalue weighted by Gasteiger charge is -2.22. The molecule has 2 saturated heterocycles. The van der Waals surface area contributed by atoms with E-state index in [4.69, 9.17) is 0 Å². The molecule has 2 aromatic rings. The lowest BCUT2D eigenvalue weighted by Crippen LogP contribution is -2.49. The lowest BCUT2D eigenvalue weighted by molar-refractivity contribution is -0.123. The molecule has 7 heteroatoms. The van der Waals surface area contributed by atoms with Crippen molar-refractivity contribution in [3.8, 4) is 0 Å². The quantitative estimate of drug-likeness (QED) is 0.741. The molecule has 0 bridgehead atoms. The zero-order valence-electron chi connectivity index (χ0n) is 11.2. The first kappa shape index (κ1) is 12.1. The molecule has 0 saturated carbocycles. The Morgan fingerprint density at radius 3 is 2.86 bits per heavy atom. The van der Waals surface area contributed by atoms with Crippen molar-refractivity contribution >= 4 is 28.7 Å². The molecule has 3 amide bonds. The molecular weight excluding hydrogens is 270 g/mol. The summed E-state index contributed by atoms with van der Waals surface area (Å²) in [6.45, 7) is 1.08. The number of urea groups is 1. The minimum absolute atomic E-state index is 0.256. The fourth-order valence-corrected chi connectivity index (χ4v) is 3.05. The lowest BCUT2D eigenvalue weighted by atomic mass is 9.99.